The molecule has 0 rings (SSSR count). The summed E-state index contributed by atoms with van der Waals surface area (Å²) in [5.41, 5.74) is 0. The van der Waals surface area contributed by atoms with Crippen molar-refractivity contribution in [2.24, 2.45) is 23.7 Å². The van der Waals surface area contributed by atoms with E-state index in [-0.39, 0.29) is 25.7 Å². The van der Waals surface area contributed by atoms with Gasteiger partial charge < -0.3 is 33.8 Å². The Bertz CT molecular complexity index is 1900. The molecule has 0 spiro atoms. The molecule has 0 saturated carbocycles. The van der Waals surface area contributed by atoms with Gasteiger partial charge in [-0.2, -0.15) is 0 Å². The van der Waals surface area contributed by atoms with Gasteiger partial charge in [0.25, 0.3) is 0 Å². The van der Waals surface area contributed by atoms with Crippen molar-refractivity contribution in [2.45, 2.75) is 414 Å². The number of carbonyl (C=O) groups excluding carboxylic acids is 4. The minimum absolute atomic E-state index is 0.105. The molecule has 0 aromatic carbocycles. The lowest BCUT2D eigenvalue weighted by Crippen LogP contribution is -2.30. The van der Waals surface area contributed by atoms with Crippen LogP contribution < -0.4 is 0 Å². The van der Waals surface area contributed by atoms with Crippen LogP contribution in [0.2, 0.25) is 0 Å². The average Bonchev–Trinajstić information content (AvgIpc) is 1.26. The second-order valence-corrected chi connectivity index (χ2v) is 32.7. The molecular weight excluding hydrogens is 1270 g/mol. The highest BCUT2D eigenvalue weighted by atomic mass is 31.2. The van der Waals surface area contributed by atoms with Gasteiger partial charge in [-0.05, 0) is 49.4 Å². The van der Waals surface area contributed by atoms with E-state index >= 15 is 0 Å². The van der Waals surface area contributed by atoms with Gasteiger partial charge >= 0.3 is 39.5 Å². The number of phosphoric acid groups is 2. The van der Waals surface area contributed by atoms with Crippen molar-refractivity contribution < 1.29 is 80.2 Å². The van der Waals surface area contributed by atoms with Crippen LogP contribution in [-0.4, -0.2) is 96.7 Å². The van der Waals surface area contributed by atoms with Gasteiger partial charge in [0.1, 0.15) is 19.3 Å². The SMILES string of the molecule is CCC(C)CCCCCCCCCCCCCCCCC(=O)OC[C@H](COP(=O)(O)OCC(O)COP(=O)(O)OC[C@@H](COC(=O)CCCCCCCCCC(C)C)OC(=O)CCCCCCCCCCCCCC(C)C)OC(=O)CCCCCCCCCCCCCCC(C)C. The Balaban J connectivity index is 5.25. The third kappa shape index (κ3) is 70.9. The monoisotopic (exact) mass is 1420 g/mol. The Labute approximate surface area is 594 Å². The van der Waals surface area contributed by atoms with Crippen LogP contribution in [0.5, 0.6) is 0 Å². The number of ether oxygens (including phenoxy) is 4. The molecule has 4 unspecified atom stereocenters. The highest BCUT2D eigenvalue weighted by molar-refractivity contribution is 7.47. The van der Waals surface area contributed by atoms with Crippen LogP contribution in [0.3, 0.4) is 0 Å². The molecule has 6 atom stereocenters. The maximum absolute atomic E-state index is 13.1. The number of hydrogen-bond donors (Lipinski definition) is 3. The Morgan fingerprint density at radius 3 is 0.732 bits per heavy atom. The molecule has 0 saturated heterocycles. The summed E-state index contributed by atoms with van der Waals surface area (Å²) in [5, 5.41) is 10.6. The van der Waals surface area contributed by atoms with Crippen molar-refractivity contribution in [3.05, 3.63) is 0 Å². The number of phosphoric ester groups is 2. The standard InChI is InChI=1S/C78H152O17P2/c1-9-71(8)57-49-41-33-25-19-12-10-11-13-20-26-34-42-50-58-75(80)88-64-73(94-77(82)60-52-44-35-27-21-15-14-17-23-30-38-46-54-68(2)3)66-92-96(84,85)90-62-72(79)63-91-97(86,87)93-67-74(65-89-76(81)59-51-43-37-29-32-40-48-56-70(6)7)95-78(83)61-53-45-36-28-22-16-18-24-31-39-47-55-69(4)5/h68-74,79H,9-67H2,1-8H3,(H,84,85)(H,86,87)/t71?,72?,73-,74-/m1/s1. The molecular formula is C78H152O17P2. The quantitative estimate of drug-likeness (QED) is 0.0222. The summed E-state index contributed by atoms with van der Waals surface area (Å²) >= 11 is 0. The van der Waals surface area contributed by atoms with Crippen molar-refractivity contribution in [1.82, 2.24) is 0 Å². The van der Waals surface area contributed by atoms with Crippen molar-refractivity contribution >= 4 is 39.5 Å². The number of rotatable bonds is 75. The summed E-state index contributed by atoms with van der Waals surface area (Å²) < 4.78 is 68.6. The zero-order chi connectivity index (χ0) is 71.7. The number of aliphatic hydroxyl groups is 1. The van der Waals surface area contributed by atoms with E-state index in [0.29, 0.717) is 31.6 Å². The van der Waals surface area contributed by atoms with Crippen molar-refractivity contribution in [3.63, 3.8) is 0 Å². The first-order chi connectivity index (χ1) is 46.6. The molecule has 0 aromatic rings. The molecule has 97 heavy (non-hydrogen) atoms. The van der Waals surface area contributed by atoms with Gasteiger partial charge in [0.05, 0.1) is 26.4 Å². The fraction of sp³-hybridized carbons (Fsp3) is 0.949. The van der Waals surface area contributed by atoms with Crippen molar-refractivity contribution in [3.8, 4) is 0 Å². The first-order valence-corrected chi connectivity index (χ1v) is 43.2. The average molecular weight is 1420 g/mol. The summed E-state index contributed by atoms with van der Waals surface area (Å²) in [6.07, 6.45) is 52.7. The zero-order valence-electron chi connectivity index (χ0n) is 63.7. The molecule has 0 heterocycles. The van der Waals surface area contributed by atoms with Crippen LogP contribution in [0.4, 0.5) is 0 Å². The predicted molar refractivity (Wildman–Crippen MR) is 395 cm³/mol. The number of aliphatic hydroxyl groups excluding tert-OH is 1. The van der Waals surface area contributed by atoms with E-state index in [2.05, 4.69) is 55.4 Å². The minimum Gasteiger partial charge on any atom is -0.462 e. The zero-order valence-corrected chi connectivity index (χ0v) is 65.5. The molecule has 0 aliphatic heterocycles. The Morgan fingerprint density at radius 1 is 0.289 bits per heavy atom. The topological polar surface area (TPSA) is 237 Å². The lowest BCUT2D eigenvalue weighted by atomic mass is 9.99. The summed E-state index contributed by atoms with van der Waals surface area (Å²) in [4.78, 5) is 72.9. The molecule has 0 amide bonds. The summed E-state index contributed by atoms with van der Waals surface area (Å²) in [5.74, 6) is 0.979. The van der Waals surface area contributed by atoms with Gasteiger partial charge in [-0.3, -0.25) is 37.3 Å². The lowest BCUT2D eigenvalue weighted by Gasteiger charge is -2.21. The molecule has 0 aromatic heterocycles. The van der Waals surface area contributed by atoms with Crippen LogP contribution >= 0.6 is 15.6 Å². The third-order valence-electron chi connectivity index (χ3n) is 18.4. The van der Waals surface area contributed by atoms with Gasteiger partial charge in [0.15, 0.2) is 12.2 Å². The van der Waals surface area contributed by atoms with Crippen LogP contribution in [-0.2, 0) is 65.4 Å². The maximum atomic E-state index is 13.1. The molecule has 0 aliphatic carbocycles. The Morgan fingerprint density at radius 2 is 0.495 bits per heavy atom. The second kappa shape index (κ2) is 67.2. The highest BCUT2D eigenvalue weighted by Crippen LogP contribution is 2.45. The van der Waals surface area contributed by atoms with E-state index in [1.807, 2.05) is 0 Å². The van der Waals surface area contributed by atoms with E-state index < -0.39 is 97.5 Å². The molecule has 17 nitrogen and oxygen atoms in total. The smallest absolute Gasteiger partial charge is 0.462 e. The number of unbranched alkanes of at least 4 members (excludes halogenated alkanes) is 40. The normalized spacial score (nSPS) is 14.4. The molecule has 0 fully saturated rings. The van der Waals surface area contributed by atoms with E-state index in [0.717, 1.165) is 114 Å². The number of carbonyl (C=O) groups is 4. The molecule has 0 aliphatic rings. The van der Waals surface area contributed by atoms with Gasteiger partial charge in [-0.1, -0.05) is 344 Å². The van der Waals surface area contributed by atoms with Gasteiger partial charge in [-0.15, -0.1) is 0 Å². The number of hydrogen-bond acceptors (Lipinski definition) is 15. The van der Waals surface area contributed by atoms with Gasteiger partial charge in [-0.25, -0.2) is 9.13 Å². The third-order valence-corrected chi connectivity index (χ3v) is 20.3. The van der Waals surface area contributed by atoms with Crippen LogP contribution in [0.1, 0.15) is 396 Å². The largest absolute Gasteiger partial charge is 0.472 e. The van der Waals surface area contributed by atoms with E-state index in [4.69, 9.17) is 37.0 Å². The second-order valence-electron chi connectivity index (χ2n) is 29.8. The summed E-state index contributed by atoms with van der Waals surface area (Å²) in [6.45, 7) is 14.2. The minimum atomic E-state index is -4.96. The van der Waals surface area contributed by atoms with Crippen LogP contribution in [0.15, 0.2) is 0 Å². The number of esters is 4. The molecule has 576 valence electrons. The van der Waals surface area contributed by atoms with Gasteiger partial charge in [0, 0.05) is 25.7 Å². The molecule has 0 bridgehead atoms. The predicted octanol–water partition coefficient (Wildman–Crippen LogP) is 22.8. The van der Waals surface area contributed by atoms with Gasteiger partial charge in [0.2, 0.25) is 0 Å². The highest BCUT2D eigenvalue weighted by Gasteiger charge is 2.30. The summed E-state index contributed by atoms with van der Waals surface area (Å²) in [7, 11) is -9.92. The first kappa shape index (κ1) is 95.1. The molecule has 0 radical (unpaired) electrons. The van der Waals surface area contributed by atoms with E-state index in [9.17, 15) is 43.2 Å². The van der Waals surface area contributed by atoms with Crippen molar-refractivity contribution in [1.29, 1.82) is 0 Å². The Hall–Kier alpha value is -1.94. The summed E-state index contributed by atoms with van der Waals surface area (Å²) in [6, 6.07) is 0. The molecule has 19 heteroatoms. The van der Waals surface area contributed by atoms with Crippen LogP contribution in [0, 0.1) is 23.7 Å². The molecule has 3 N–H and O–H groups in total. The fourth-order valence-electron chi connectivity index (χ4n) is 11.9. The lowest BCUT2D eigenvalue weighted by molar-refractivity contribution is -0.161. The fourth-order valence-corrected chi connectivity index (χ4v) is 13.5. The maximum Gasteiger partial charge on any atom is 0.472 e. The van der Waals surface area contributed by atoms with Crippen molar-refractivity contribution in [2.75, 3.05) is 39.6 Å². The van der Waals surface area contributed by atoms with E-state index in [1.54, 1.807) is 0 Å². The van der Waals surface area contributed by atoms with E-state index in [1.165, 1.54) is 193 Å². The Kier molecular flexibility index (Phi) is 65.9. The first-order valence-electron chi connectivity index (χ1n) is 40.2. The van der Waals surface area contributed by atoms with Crippen LogP contribution in [0.25, 0.3) is 0 Å².